The lowest BCUT2D eigenvalue weighted by Crippen LogP contribution is -2.50. The Labute approximate surface area is 260 Å². The molecule has 1 unspecified atom stereocenters. The van der Waals surface area contributed by atoms with Gasteiger partial charge in [-0.1, -0.05) is 201 Å². The maximum Gasteiger partial charge on any atom is 0.151 e. The third kappa shape index (κ3) is 29.7. The predicted octanol–water partition coefficient (Wildman–Crippen LogP) is 13.9. The maximum atomic E-state index is 10.7. The number of hydrogen-bond donors (Lipinski definition) is 2. The van der Waals surface area contributed by atoms with E-state index in [0.717, 1.165) is 32.1 Å². The van der Waals surface area contributed by atoms with Gasteiger partial charge in [0.05, 0.1) is 0 Å². The van der Waals surface area contributed by atoms with Gasteiger partial charge >= 0.3 is 0 Å². The first-order chi connectivity index (χ1) is 20.1. The van der Waals surface area contributed by atoms with Crippen LogP contribution in [0.4, 0.5) is 0 Å². The van der Waals surface area contributed by atoms with E-state index in [1.165, 1.54) is 180 Å². The van der Waals surface area contributed by atoms with Crippen LogP contribution in [0.1, 0.15) is 233 Å². The van der Waals surface area contributed by atoms with Crippen molar-refractivity contribution in [3.05, 3.63) is 0 Å². The molecule has 2 N–H and O–H groups in total. The van der Waals surface area contributed by atoms with Gasteiger partial charge in [0.25, 0.3) is 0 Å². The molecule has 0 amide bonds. The Balaban J connectivity index is 3.52. The van der Waals surface area contributed by atoms with Gasteiger partial charge in [-0.25, -0.2) is 0 Å². The topological polar surface area (TPSA) is 40.5 Å². The van der Waals surface area contributed by atoms with E-state index in [0.29, 0.717) is 6.54 Å². The molecule has 41 heavy (non-hydrogen) atoms. The van der Waals surface area contributed by atoms with Crippen LogP contribution in [0.25, 0.3) is 0 Å². The summed E-state index contributed by atoms with van der Waals surface area (Å²) in [6, 6.07) is -0.0201. The van der Waals surface area contributed by atoms with Gasteiger partial charge in [0.15, 0.2) is 6.04 Å². The van der Waals surface area contributed by atoms with Crippen molar-refractivity contribution >= 4 is 0 Å². The smallest absolute Gasteiger partial charge is 0.151 e. The van der Waals surface area contributed by atoms with Crippen molar-refractivity contribution < 1.29 is 15.2 Å². The van der Waals surface area contributed by atoms with Gasteiger partial charge in [0.2, 0.25) is 0 Å². The lowest BCUT2D eigenvalue weighted by Gasteiger charge is -2.29. The first-order valence-corrected chi connectivity index (χ1v) is 19.4. The summed E-state index contributed by atoms with van der Waals surface area (Å²) in [7, 11) is 0. The fraction of sp³-hybridized carbons (Fsp3) is 1.00. The molecule has 0 aliphatic rings. The van der Waals surface area contributed by atoms with Crippen LogP contribution in [0.5, 0.6) is 0 Å². The molecule has 0 aliphatic heterocycles. The first-order valence-electron chi connectivity index (χ1n) is 19.4. The minimum atomic E-state index is -0.742. The number of hydrogen-bond acceptors (Lipinski definition) is 2. The average molecular weight is 583 g/mol. The van der Waals surface area contributed by atoms with Gasteiger partial charge in [-0.2, -0.15) is 10.4 Å². The van der Waals surface area contributed by atoms with Gasteiger partial charge < -0.3 is 0 Å². The highest BCUT2D eigenvalue weighted by Crippen LogP contribution is 2.21. The summed E-state index contributed by atoms with van der Waals surface area (Å²) in [5, 5.41) is 21.4. The van der Waals surface area contributed by atoms with E-state index in [1.807, 2.05) is 0 Å². The lowest BCUT2D eigenvalue weighted by molar-refractivity contribution is -1.26. The molecule has 0 fully saturated rings. The summed E-state index contributed by atoms with van der Waals surface area (Å²) < 4.78 is 0. The van der Waals surface area contributed by atoms with Crippen molar-refractivity contribution in [3.63, 3.8) is 0 Å². The Bertz CT molecular complexity index is 481. The van der Waals surface area contributed by atoms with Crippen molar-refractivity contribution in [2.24, 2.45) is 0 Å². The minimum Gasteiger partial charge on any atom is -0.182 e. The predicted molar refractivity (Wildman–Crippen MR) is 182 cm³/mol. The Kier molecular flexibility index (Phi) is 32.7. The number of rotatable bonds is 35. The van der Waals surface area contributed by atoms with Crippen molar-refractivity contribution in [1.29, 1.82) is 0 Å². The third-order valence-electron chi connectivity index (χ3n) is 9.54. The van der Waals surface area contributed by atoms with E-state index in [4.69, 9.17) is 0 Å². The summed E-state index contributed by atoms with van der Waals surface area (Å²) in [4.78, 5) is -0.742. The monoisotopic (exact) mass is 583 g/mol. The molecule has 248 valence electrons. The molecular formula is C38H80NO2+. The van der Waals surface area contributed by atoms with Gasteiger partial charge in [0, 0.05) is 19.3 Å². The molecule has 0 bridgehead atoms. The number of hydroxylamine groups is 4. The molecule has 0 saturated heterocycles. The summed E-state index contributed by atoms with van der Waals surface area (Å²) in [6.07, 6.45) is 44.0. The van der Waals surface area contributed by atoms with Crippen LogP contribution in [-0.2, 0) is 0 Å². The number of quaternary nitrogens is 1. The quantitative estimate of drug-likeness (QED) is 0.0443. The van der Waals surface area contributed by atoms with Gasteiger partial charge in [-0.05, 0) is 17.7 Å². The molecule has 3 nitrogen and oxygen atoms in total. The van der Waals surface area contributed by atoms with Crippen molar-refractivity contribution in [2.75, 3.05) is 6.54 Å². The molecule has 0 heterocycles. The van der Waals surface area contributed by atoms with Crippen LogP contribution in [0.15, 0.2) is 0 Å². The van der Waals surface area contributed by atoms with Crippen molar-refractivity contribution in [3.8, 4) is 0 Å². The minimum absolute atomic E-state index is 0.0201. The van der Waals surface area contributed by atoms with Crippen LogP contribution in [0.3, 0.4) is 0 Å². The molecule has 0 aromatic rings. The maximum absolute atomic E-state index is 10.7. The largest absolute Gasteiger partial charge is 0.182 e. The summed E-state index contributed by atoms with van der Waals surface area (Å²) in [6.45, 7) is 7.19. The van der Waals surface area contributed by atoms with Gasteiger partial charge in [-0.15, -0.1) is 0 Å². The van der Waals surface area contributed by atoms with Crippen LogP contribution in [0.2, 0.25) is 0 Å². The molecule has 0 saturated carbocycles. The van der Waals surface area contributed by atoms with E-state index in [1.54, 1.807) is 0 Å². The molecule has 1 atom stereocenters. The Morgan fingerprint density at radius 3 is 0.854 bits per heavy atom. The molecule has 0 aromatic carbocycles. The molecule has 0 aliphatic carbocycles. The summed E-state index contributed by atoms with van der Waals surface area (Å²) in [5.74, 6) is 0. The molecule has 0 spiro atoms. The fourth-order valence-corrected chi connectivity index (χ4v) is 6.53. The Hall–Kier alpha value is -0.120. The van der Waals surface area contributed by atoms with E-state index in [2.05, 4.69) is 20.8 Å². The summed E-state index contributed by atoms with van der Waals surface area (Å²) >= 11 is 0. The zero-order valence-electron chi connectivity index (χ0n) is 29.0. The zero-order chi connectivity index (χ0) is 30.1. The Morgan fingerprint density at radius 1 is 0.341 bits per heavy atom. The highest BCUT2D eigenvalue weighted by molar-refractivity contribution is 4.57. The summed E-state index contributed by atoms with van der Waals surface area (Å²) in [5.41, 5.74) is 0. The standard InChI is InChI=1S/C38H80NO2/c1-4-7-9-11-13-15-17-19-21-23-25-27-29-31-33-35-37-39(40,41)38(6-3)36-34-32-30-28-26-24-22-20-18-16-14-12-10-8-5-2/h38,40-41H,4-37H2,1-3H3/q+1. The van der Waals surface area contributed by atoms with Crippen LogP contribution >= 0.6 is 0 Å². The Morgan fingerprint density at radius 2 is 0.585 bits per heavy atom. The van der Waals surface area contributed by atoms with Gasteiger partial charge in [0.1, 0.15) is 6.54 Å². The SMILES string of the molecule is CCCCCCCCCCCCCCCCCC[N+](O)(O)C(CC)CCCCCCCCCCCCCCCCC. The second-order valence-electron chi connectivity index (χ2n) is 13.6. The van der Waals surface area contributed by atoms with E-state index in [9.17, 15) is 10.4 Å². The third-order valence-corrected chi connectivity index (χ3v) is 9.54. The van der Waals surface area contributed by atoms with Crippen LogP contribution < -0.4 is 0 Å². The second-order valence-corrected chi connectivity index (χ2v) is 13.6. The molecule has 3 heteroatoms. The van der Waals surface area contributed by atoms with Crippen LogP contribution in [0, 0.1) is 0 Å². The normalized spacial score (nSPS) is 12.8. The molecule has 0 aromatic heterocycles. The second kappa shape index (κ2) is 32.8. The van der Waals surface area contributed by atoms with Crippen LogP contribution in [-0.4, -0.2) is 27.8 Å². The van der Waals surface area contributed by atoms with Crippen molar-refractivity contribution in [2.45, 2.75) is 239 Å². The first kappa shape index (κ1) is 40.9. The average Bonchev–Trinajstić information content (AvgIpc) is 2.96. The van der Waals surface area contributed by atoms with Crippen molar-refractivity contribution in [1.82, 2.24) is 0 Å². The molecule has 0 radical (unpaired) electrons. The number of nitrogens with zero attached hydrogens (tertiary/aromatic N) is 1. The fourth-order valence-electron chi connectivity index (χ4n) is 6.53. The highest BCUT2D eigenvalue weighted by atomic mass is 16.8. The van der Waals surface area contributed by atoms with E-state index < -0.39 is 4.81 Å². The lowest BCUT2D eigenvalue weighted by atomic mass is 10.0. The zero-order valence-corrected chi connectivity index (χ0v) is 29.0. The highest BCUT2D eigenvalue weighted by Gasteiger charge is 2.32. The van der Waals surface area contributed by atoms with E-state index in [-0.39, 0.29) is 6.04 Å². The molecule has 0 rings (SSSR count). The van der Waals surface area contributed by atoms with E-state index >= 15 is 0 Å². The number of unbranched alkanes of at least 4 members (excludes halogenated alkanes) is 29. The molecular weight excluding hydrogens is 502 g/mol. The van der Waals surface area contributed by atoms with Gasteiger partial charge in [-0.3, -0.25) is 0 Å².